The smallest absolute Gasteiger partial charge is 0.269 e. The van der Waals surface area contributed by atoms with Gasteiger partial charge in [0.2, 0.25) is 0 Å². The number of nitro benzene ring substituents is 1. The van der Waals surface area contributed by atoms with Gasteiger partial charge in [0.1, 0.15) is 6.61 Å². The second-order valence-corrected chi connectivity index (χ2v) is 10.2. The fourth-order valence-electron chi connectivity index (χ4n) is 5.97. The Morgan fingerprint density at radius 3 is 2.12 bits per heavy atom. The summed E-state index contributed by atoms with van der Waals surface area (Å²) >= 11 is 0. The van der Waals surface area contributed by atoms with Gasteiger partial charge in [0.05, 0.1) is 18.1 Å². The molecule has 0 N–H and O–H groups in total. The number of non-ortho nitro benzene ring substituents is 1. The molecule has 0 atom stereocenters. The third-order valence-corrected chi connectivity index (χ3v) is 7.75. The van der Waals surface area contributed by atoms with E-state index in [4.69, 9.17) is 14.2 Å². The molecule has 2 aromatic carbocycles. The lowest BCUT2D eigenvalue weighted by Crippen LogP contribution is -2.40. The zero-order chi connectivity index (χ0) is 28.2. The van der Waals surface area contributed by atoms with Crippen LogP contribution in [0, 0.1) is 10.1 Å². The van der Waals surface area contributed by atoms with Crippen LogP contribution in [-0.4, -0.2) is 48.3 Å². The molecular formula is C31H34N2O7. The van der Waals surface area contributed by atoms with Gasteiger partial charge in [-0.15, -0.1) is 0 Å². The molecule has 0 fully saturated rings. The van der Waals surface area contributed by atoms with Crippen molar-refractivity contribution in [1.82, 2.24) is 4.90 Å². The summed E-state index contributed by atoms with van der Waals surface area (Å²) in [7, 11) is 1.66. The van der Waals surface area contributed by atoms with Crippen molar-refractivity contribution in [3.8, 4) is 11.5 Å². The molecule has 0 unspecified atom stereocenters. The molecule has 40 heavy (non-hydrogen) atoms. The van der Waals surface area contributed by atoms with Crippen molar-refractivity contribution >= 4 is 17.3 Å². The standard InChI is InChI=1S/C31H34N2O7/c1-3-39-28-18-21(12-15-27(28)40-19-20-10-13-22(14-11-20)33(36)37)29-30-23(6-4-8-25(30)34)32(16-17-38-2)24-7-5-9-26(35)31(24)29/h10-15,18,29H,3-9,16-17,19H2,1-2H3. The van der Waals surface area contributed by atoms with E-state index in [1.54, 1.807) is 19.2 Å². The van der Waals surface area contributed by atoms with E-state index in [-0.39, 0.29) is 23.9 Å². The summed E-state index contributed by atoms with van der Waals surface area (Å²) in [6.45, 7) is 3.62. The van der Waals surface area contributed by atoms with Gasteiger partial charge in [-0.25, -0.2) is 0 Å². The van der Waals surface area contributed by atoms with Crippen LogP contribution in [0.25, 0.3) is 0 Å². The number of Topliss-reactive ketones (excluding diaryl/α,β-unsaturated/α-hetero) is 2. The summed E-state index contributed by atoms with van der Waals surface area (Å²) in [5.41, 5.74) is 5.12. The Kier molecular flexibility index (Phi) is 8.30. The average molecular weight is 547 g/mol. The quantitative estimate of drug-likeness (QED) is 0.279. The third-order valence-electron chi connectivity index (χ3n) is 7.75. The van der Waals surface area contributed by atoms with E-state index in [9.17, 15) is 19.7 Å². The van der Waals surface area contributed by atoms with Crippen LogP contribution in [0.4, 0.5) is 5.69 Å². The highest BCUT2D eigenvalue weighted by Gasteiger charge is 2.43. The first-order valence-electron chi connectivity index (χ1n) is 13.8. The second-order valence-electron chi connectivity index (χ2n) is 10.2. The first-order valence-corrected chi connectivity index (χ1v) is 13.8. The molecule has 210 valence electrons. The van der Waals surface area contributed by atoms with Gasteiger partial charge in [-0.05, 0) is 68.0 Å². The third kappa shape index (κ3) is 5.38. The van der Waals surface area contributed by atoms with Gasteiger partial charge in [-0.1, -0.05) is 6.07 Å². The molecule has 2 aromatic rings. The highest BCUT2D eigenvalue weighted by Crippen LogP contribution is 2.50. The van der Waals surface area contributed by atoms with Crippen LogP contribution in [0.3, 0.4) is 0 Å². The number of hydrogen-bond acceptors (Lipinski definition) is 8. The number of nitro groups is 1. The maximum Gasteiger partial charge on any atom is 0.269 e. The summed E-state index contributed by atoms with van der Waals surface area (Å²) in [4.78, 5) is 39.6. The Labute approximate surface area is 233 Å². The number of benzene rings is 2. The van der Waals surface area contributed by atoms with Crippen molar-refractivity contribution in [2.45, 2.75) is 58.0 Å². The number of hydrogen-bond donors (Lipinski definition) is 0. The molecule has 0 spiro atoms. The molecule has 3 aliphatic rings. The van der Waals surface area contributed by atoms with Gasteiger partial charge in [0, 0.05) is 67.1 Å². The van der Waals surface area contributed by atoms with E-state index in [2.05, 4.69) is 4.90 Å². The van der Waals surface area contributed by atoms with E-state index in [1.165, 1.54) is 12.1 Å². The highest BCUT2D eigenvalue weighted by molar-refractivity contribution is 6.06. The Morgan fingerprint density at radius 1 is 0.900 bits per heavy atom. The maximum absolute atomic E-state index is 13.5. The predicted octanol–water partition coefficient (Wildman–Crippen LogP) is 5.63. The van der Waals surface area contributed by atoms with Crippen LogP contribution >= 0.6 is 0 Å². The van der Waals surface area contributed by atoms with E-state index in [0.29, 0.717) is 44.1 Å². The van der Waals surface area contributed by atoms with Crippen LogP contribution in [-0.2, 0) is 20.9 Å². The van der Waals surface area contributed by atoms with Crippen molar-refractivity contribution < 1.29 is 28.7 Å². The number of carbonyl (C=O) groups is 2. The number of carbonyl (C=O) groups excluding carboxylic acids is 2. The lowest BCUT2D eigenvalue weighted by Gasteiger charge is -2.44. The number of allylic oxidation sites excluding steroid dienone is 4. The Morgan fingerprint density at radius 2 is 1.55 bits per heavy atom. The highest BCUT2D eigenvalue weighted by atomic mass is 16.6. The largest absolute Gasteiger partial charge is 0.490 e. The lowest BCUT2D eigenvalue weighted by molar-refractivity contribution is -0.384. The molecule has 0 aromatic heterocycles. The van der Waals surface area contributed by atoms with Crippen molar-refractivity contribution in [3.63, 3.8) is 0 Å². The number of ether oxygens (including phenoxy) is 3. The molecule has 0 saturated heterocycles. The van der Waals surface area contributed by atoms with Crippen LogP contribution < -0.4 is 9.47 Å². The zero-order valence-corrected chi connectivity index (χ0v) is 22.9. The topological polar surface area (TPSA) is 108 Å². The van der Waals surface area contributed by atoms with E-state index in [0.717, 1.165) is 59.4 Å². The predicted molar refractivity (Wildman–Crippen MR) is 148 cm³/mol. The first kappa shape index (κ1) is 27.6. The minimum absolute atomic E-state index is 0.0215. The molecule has 5 rings (SSSR count). The molecule has 2 aliphatic carbocycles. The van der Waals surface area contributed by atoms with Crippen molar-refractivity contribution in [1.29, 1.82) is 0 Å². The van der Waals surface area contributed by atoms with Gasteiger partial charge in [-0.3, -0.25) is 19.7 Å². The van der Waals surface area contributed by atoms with Gasteiger partial charge in [0.15, 0.2) is 23.1 Å². The maximum atomic E-state index is 13.5. The Bertz CT molecular complexity index is 1330. The van der Waals surface area contributed by atoms with Gasteiger partial charge < -0.3 is 19.1 Å². The van der Waals surface area contributed by atoms with E-state index >= 15 is 0 Å². The van der Waals surface area contributed by atoms with Crippen LogP contribution in [0.1, 0.15) is 62.5 Å². The van der Waals surface area contributed by atoms with Crippen molar-refractivity contribution in [3.05, 3.63) is 86.2 Å². The molecule has 1 heterocycles. The number of ketones is 2. The summed E-state index contributed by atoms with van der Waals surface area (Å²) in [6, 6.07) is 11.9. The van der Waals surface area contributed by atoms with Gasteiger partial charge >= 0.3 is 0 Å². The molecule has 9 nitrogen and oxygen atoms in total. The number of nitrogens with zero attached hydrogens (tertiary/aromatic N) is 2. The fourth-order valence-corrected chi connectivity index (χ4v) is 5.97. The summed E-state index contributed by atoms with van der Waals surface area (Å²) in [6.07, 6.45) is 4.12. The van der Waals surface area contributed by atoms with Crippen LogP contribution in [0.5, 0.6) is 11.5 Å². The average Bonchev–Trinajstić information content (AvgIpc) is 2.95. The van der Waals surface area contributed by atoms with Crippen molar-refractivity contribution in [2.24, 2.45) is 0 Å². The lowest BCUT2D eigenvalue weighted by atomic mass is 9.71. The molecule has 0 bridgehead atoms. The zero-order valence-electron chi connectivity index (χ0n) is 22.9. The Balaban J connectivity index is 1.52. The summed E-state index contributed by atoms with van der Waals surface area (Å²) < 4.78 is 17.4. The molecular weight excluding hydrogens is 512 g/mol. The minimum Gasteiger partial charge on any atom is -0.490 e. The van der Waals surface area contributed by atoms with E-state index < -0.39 is 10.8 Å². The molecule has 0 saturated carbocycles. The molecule has 0 amide bonds. The normalized spacial score (nSPS) is 17.6. The van der Waals surface area contributed by atoms with Crippen LogP contribution in [0.2, 0.25) is 0 Å². The van der Waals surface area contributed by atoms with E-state index in [1.807, 2.05) is 25.1 Å². The van der Waals surface area contributed by atoms with Crippen molar-refractivity contribution in [2.75, 3.05) is 26.9 Å². The number of methoxy groups -OCH3 is 1. The van der Waals surface area contributed by atoms with Crippen LogP contribution in [0.15, 0.2) is 65.0 Å². The summed E-state index contributed by atoms with van der Waals surface area (Å²) in [5.74, 6) is 0.798. The first-order chi connectivity index (χ1) is 19.4. The Hall–Kier alpha value is -3.98. The SMILES string of the molecule is CCOc1cc(C2C3=C(CCCC3=O)N(CCOC)C3=C2C(=O)CCC3)ccc1OCc1ccc([N+](=O)[O-])cc1. The minimum atomic E-state index is -0.438. The summed E-state index contributed by atoms with van der Waals surface area (Å²) in [5, 5.41) is 11.0. The molecule has 9 heteroatoms. The van der Waals surface area contributed by atoms with Gasteiger partial charge in [0.25, 0.3) is 5.69 Å². The van der Waals surface area contributed by atoms with Gasteiger partial charge in [-0.2, -0.15) is 0 Å². The monoisotopic (exact) mass is 546 g/mol. The fraction of sp³-hybridized carbons (Fsp3) is 0.419. The second kappa shape index (κ2) is 12.0. The molecule has 0 radical (unpaired) electrons. The molecule has 1 aliphatic heterocycles. The number of rotatable bonds is 10.